The molecule has 0 aromatic carbocycles. The topological polar surface area (TPSA) is 69.6 Å². The van der Waals surface area contributed by atoms with Gasteiger partial charge in [0.2, 0.25) is 0 Å². The number of hydrogen-bond donors (Lipinski definition) is 2. The molecule has 0 aromatic rings. The number of carboxylic acid groups (broad SMARTS) is 1. The summed E-state index contributed by atoms with van der Waals surface area (Å²) in [6, 6.07) is -0.177. The number of urea groups is 1. The molecular weight excluding hydrogens is 208 g/mol. The van der Waals surface area contributed by atoms with Crippen LogP contribution in [0.1, 0.15) is 33.6 Å². The van der Waals surface area contributed by atoms with Gasteiger partial charge < -0.3 is 15.3 Å². The molecule has 0 rings (SSSR count). The van der Waals surface area contributed by atoms with Crippen LogP contribution in [0.25, 0.3) is 0 Å². The SMILES string of the molecule is CCCN(CC)C(=O)NCC(CC)C(=O)O. The first kappa shape index (κ1) is 14.7. The molecule has 2 amide bonds. The average molecular weight is 230 g/mol. The summed E-state index contributed by atoms with van der Waals surface area (Å²) in [7, 11) is 0. The van der Waals surface area contributed by atoms with Gasteiger partial charge in [0, 0.05) is 19.6 Å². The van der Waals surface area contributed by atoms with Crippen molar-refractivity contribution in [2.24, 2.45) is 5.92 Å². The van der Waals surface area contributed by atoms with Crippen LogP contribution in [-0.2, 0) is 4.79 Å². The van der Waals surface area contributed by atoms with E-state index >= 15 is 0 Å². The van der Waals surface area contributed by atoms with Crippen molar-refractivity contribution in [3.05, 3.63) is 0 Å². The smallest absolute Gasteiger partial charge is 0.317 e. The van der Waals surface area contributed by atoms with Crippen LogP contribution in [0.3, 0.4) is 0 Å². The molecule has 0 aromatic heterocycles. The van der Waals surface area contributed by atoms with Gasteiger partial charge in [-0.3, -0.25) is 4.79 Å². The van der Waals surface area contributed by atoms with Crippen molar-refractivity contribution in [3.8, 4) is 0 Å². The summed E-state index contributed by atoms with van der Waals surface area (Å²) in [5.74, 6) is -1.36. The molecule has 1 unspecified atom stereocenters. The third-order valence-electron chi connectivity index (χ3n) is 2.50. The van der Waals surface area contributed by atoms with Gasteiger partial charge in [-0.05, 0) is 19.8 Å². The van der Waals surface area contributed by atoms with Crippen LogP contribution in [0.5, 0.6) is 0 Å². The Kier molecular flexibility index (Phi) is 7.33. The number of carbonyl (C=O) groups excluding carboxylic acids is 1. The quantitative estimate of drug-likeness (QED) is 0.697. The Balaban J connectivity index is 4.07. The van der Waals surface area contributed by atoms with E-state index in [2.05, 4.69) is 5.32 Å². The lowest BCUT2D eigenvalue weighted by Crippen LogP contribution is -2.43. The molecular formula is C11H22N2O3. The molecule has 0 saturated heterocycles. The maximum Gasteiger partial charge on any atom is 0.317 e. The van der Waals surface area contributed by atoms with Crippen LogP contribution in [-0.4, -0.2) is 41.6 Å². The monoisotopic (exact) mass is 230 g/mol. The van der Waals surface area contributed by atoms with Gasteiger partial charge in [0.1, 0.15) is 0 Å². The highest BCUT2D eigenvalue weighted by atomic mass is 16.4. The third-order valence-corrected chi connectivity index (χ3v) is 2.50. The Labute approximate surface area is 96.8 Å². The molecule has 5 heteroatoms. The Morgan fingerprint density at radius 3 is 2.31 bits per heavy atom. The second-order valence-corrected chi connectivity index (χ2v) is 3.71. The van der Waals surface area contributed by atoms with Crippen LogP contribution in [0, 0.1) is 5.92 Å². The molecule has 0 heterocycles. The van der Waals surface area contributed by atoms with Crippen LogP contribution >= 0.6 is 0 Å². The third kappa shape index (κ3) is 5.00. The van der Waals surface area contributed by atoms with Crippen molar-refractivity contribution in [1.29, 1.82) is 0 Å². The fourth-order valence-corrected chi connectivity index (χ4v) is 1.40. The van der Waals surface area contributed by atoms with Gasteiger partial charge in [-0.25, -0.2) is 4.79 Å². The van der Waals surface area contributed by atoms with E-state index in [4.69, 9.17) is 5.11 Å². The summed E-state index contributed by atoms with van der Waals surface area (Å²) >= 11 is 0. The zero-order valence-corrected chi connectivity index (χ0v) is 10.3. The summed E-state index contributed by atoms with van der Waals surface area (Å²) < 4.78 is 0. The molecule has 0 saturated carbocycles. The van der Waals surface area contributed by atoms with Gasteiger partial charge in [0.15, 0.2) is 0 Å². The van der Waals surface area contributed by atoms with E-state index in [0.717, 1.165) is 6.42 Å². The normalized spacial score (nSPS) is 11.9. The maximum absolute atomic E-state index is 11.6. The van der Waals surface area contributed by atoms with E-state index in [0.29, 0.717) is 19.5 Å². The maximum atomic E-state index is 11.6. The van der Waals surface area contributed by atoms with Gasteiger partial charge in [-0.15, -0.1) is 0 Å². The minimum Gasteiger partial charge on any atom is -0.481 e. The Bertz CT molecular complexity index is 231. The number of carboxylic acids is 1. The zero-order chi connectivity index (χ0) is 12.6. The van der Waals surface area contributed by atoms with Gasteiger partial charge >= 0.3 is 12.0 Å². The Morgan fingerprint density at radius 1 is 1.31 bits per heavy atom. The van der Waals surface area contributed by atoms with Crippen molar-refractivity contribution >= 4 is 12.0 Å². The standard InChI is InChI=1S/C11H22N2O3/c1-4-7-13(6-3)11(16)12-8-9(5-2)10(14)15/h9H,4-8H2,1-3H3,(H,12,16)(H,14,15). The van der Waals surface area contributed by atoms with E-state index in [-0.39, 0.29) is 12.6 Å². The van der Waals surface area contributed by atoms with E-state index in [1.54, 1.807) is 11.8 Å². The van der Waals surface area contributed by atoms with Crippen LogP contribution in [0.2, 0.25) is 0 Å². The molecule has 5 nitrogen and oxygen atoms in total. The molecule has 0 fully saturated rings. The number of nitrogens with one attached hydrogen (secondary N) is 1. The summed E-state index contributed by atoms with van der Waals surface area (Å²) in [5, 5.41) is 11.5. The minimum atomic E-state index is -0.860. The summed E-state index contributed by atoms with van der Waals surface area (Å²) in [6.07, 6.45) is 1.42. The van der Waals surface area contributed by atoms with Crippen LogP contribution in [0.4, 0.5) is 4.79 Å². The summed E-state index contributed by atoms with van der Waals surface area (Å²) in [4.78, 5) is 24.0. The van der Waals surface area contributed by atoms with Crippen LogP contribution in [0.15, 0.2) is 0 Å². The first-order valence-corrected chi connectivity index (χ1v) is 5.82. The summed E-state index contributed by atoms with van der Waals surface area (Å²) in [5.41, 5.74) is 0. The van der Waals surface area contributed by atoms with E-state index in [1.165, 1.54) is 0 Å². The Morgan fingerprint density at radius 2 is 1.94 bits per heavy atom. The van der Waals surface area contributed by atoms with Crippen molar-refractivity contribution < 1.29 is 14.7 Å². The highest BCUT2D eigenvalue weighted by Gasteiger charge is 2.17. The largest absolute Gasteiger partial charge is 0.481 e. The van der Waals surface area contributed by atoms with Crippen molar-refractivity contribution in [1.82, 2.24) is 10.2 Å². The predicted molar refractivity (Wildman–Crippen MR) is 62.4 cm³/mol. The predicted octanol–water partition coefficient (Wildman–Crippen LogP) is 1.54. The zero-order valence-electron chi connectivity index (χ0n) is 10.3. The number of amides is 2. The average Bonchev–Trinajstić information content (AvgIpc) is 2.25. The Hall–Kier alpha value is -1.26. The minimum absolute atomic E-state index is 0.177. The molecule has 2 N–H and O–H groups in total. The number of aliphatic carboxylic acids is 1. The van der Waals surface area contributed by atoms with Crippen molar-refractivity contribution in [2.75, 3.05) is 19.6 Å². The van der Waals surface area contributed by atoms with Gasteiger partial charge in [0.05, 0.1) is 5.92 Å². The molecule has 0 aliphatic carbocycles. The summed E-state index contributed by atoms with van der Waals surface area (Å²) in [6.45, 7) is 7.25. The number of carbonyl (C=O) groups is 2. The molecule has 1 atom stereocenters. The fraction of sp³-hybridized carbons (Fsp3) is 0.818. The lowest BCUT2D eigenvalue weighted by Gasteiger charge is -2.21. The number of rotatable bonds is 7. The van der Waals surface area contributed by atoms with E-state index in [1.807, 2.05) is 13.8 Å². The number of hydrogen-bond acceptors (Lipinski definition) is 2. The first-order valence-electron chi connectivity index (χ1n) is 5.82. The molecule has 0 radical (unpaired) electrons. The van der Waals surface area contributed by atoms with Crippen LogP contribution < -0.4 is 5.32 Å². The van der Waals surface area contributed by atoms with E-state index in [9.17, 15) is 9.59 Å². The molecule has 0 aliphatic rings. The highest BCUT2D eigenvalue weighted by Crippen LogP contribution is 2.01. The second kappa shape index (κ2) is 7.96. The lowest BCUT2D eigenvalue weighted by atomic mass is 10.1. The highest BCUT2D eigenvalue weighted by molar-refractivity contribution is 5.76. The van der Waals surface area contributed by atoms with Crippen molar-refractivity contribution in [3.63, 3.8) is 0 Å². The first-order chi connectivity index (χ1) is 7.56. The molecule has 0 aliphatic heterocycles. The van der Waals surface area contributed by atoms with E-state index < -0.39 is 11.9 Å². The van der Waals surface area contributed by atoms with Gasteiger partial charge in [0.25, 0.3) is 0 Å². The molecule has 0 bridgehead atoms. The van der Waals surface area contributed by atoms with Crippen molar-refractivity contribution in [2.45, 2.75) is 33.6 Å². The van der Waals surface area contributed by atoms with Gasteiger partial charge in [-0.2, -0.15) is 0 Å². The molecule has 94 valence electrons. The molecule has 0 spiro atoms. The lowest BCUT2D eigenvalue weighted by molar-refractivity contribution is -0.141. The second-order valence-electron chi connectivity index (χ2n) is 3.71. The number of nitrogens with zero attached hydrogens (tertiary/aromatic N) is 1. The molecule has 16 heavy (non-hydrogen) atoms. The fourth-order valence-electron chi connectivity index (χ4n) is 1.40. The van der Waals surface area contributed by atoms with Gasteiger partial charge in [-0.1, -0.05) is 13.8 Å².